The van der Waals surface area contributed by atoms with Gasteiger partial charge in [-0.2, -0.15) is 0 Å². The minimum atomic E-state index is -0.791. The average molecular weight is 356 g/mol. The molecule has 0 saturated carbocycles. The van der Waals surface area contributed by atoms with Gasteiger partial charge in [-0.1, -0.05) is 36.0 Å². The van der Waals surface area contributed by atoms with Crippen molar-refractivity contribution in [1.82, 2.24) is 15.3 Å². The summed E-state index contributed by atoms with van der Waals surface area (Å²) in [5.74, 6) is -1.11. The fraction of sp³-hybridized carbons (Fsp3) is 0.0588. The van der Waals surface area contributed by atoms with E-state index in [1.165, 1.54) is 18.2 Å². The van der Waals surface area contributed by atoms with Crippen molar-refractivity contribution in [2.75, 3.05) is 11.1 Å². The number of hydrogen-bond acceptors (Lipinski definition) is 5. The van der Waals surface area contributed by atoms with Gasteiger partial charge in [0.25, 0.3) is 0 Å². The molecule has 0 spiro atoms. The first-order valence-corrected chi connectivity index (χ1v) is 8.30. The van der Waals surface area contributed by atoms with E-state index in [2.05, 4.69) is 20.6 Å². The molecular weight excluding hydrogens is 343 g/mol. The highest BCUT2D eigenvalue weighted by Crippen LogP contribution is 2.17. The predicted molar refractivity (Wildman–Crippen MR) is 93.8 cm³/mol. The lowest BCUT2D eigenvalue weighted by atomic mass is 10.3. The molecule has 3 rings (SSSR count). The monoisotopic (exact) mass is 356 g/mol. The van der Waals surface area contributed by atoms with Crippen LogP contribution in [0.1, 0.15) is 0 Å². The van der Waals surface area contributed by atoms with E-state index in [-0.39, 0.29) is 11.4 Å². The summed E-state index contributed by atoms with van der Waals surface area (Å²) in [7, 11) is 0. The fourth-order valence-electron chi connectivity index (χ4n) is 2.03. The molecule has 126 valence electrons. The molecule has 2 N–H and O–H groups in total. The Bertz CT molecular complexity index is 935. The Balaban J connectivity index is 1.53. The second-order valence-electron chi connectivity index (χ2n) is 4.97. The van der Waals surface area contributed by atoms with E-state index in [1.807, 2.05) is 24.3 Å². The van der Waals surface area contributed by atoms with Crippen LogP contribution in [0.4, 0.5) is 14.9 Å². The number of nitrogens with zero attached hydrogens (tertiary/aromatic N) is 2. The highest BCUT2D eigenvalue weighted by atomic mass is 32.2. The van der Waals surface area contributed by atoms with Gasteiger partial charge in [0.2, 0.25) is 5.91 Å². The molecule has 1 heterocycles. The molecule has 0 unspecified atom stereocenters. The molecule has 0 aliphatic rings. The van der Waals surface area contributed by atoms with Crippen molar-refractivity contribution in [2.45, 2.75) is 5.03 Å². The van der Waals surface area contributed by atoms with E-state index < -0.39 is 17.8 Å². The summed E-state index contributed by atoms with van der Waals surface area (Å²) in [5.41, 5.74) is 1.49. The molecule has 0 saturated heterocycles. The third kappa shape index (κ3) is 4.51. The highest BCUT2D eigenvalue weighted by molar-refractivity contribution is 7.99. The number of urea groups is 1. The number of hydrogen-bond donors (Lipinski definition) is 2. The van der Waals surface area contributed by atoms with Gasteiger partial charge in [0.05, 0.1) is 28.7 Å². The molecule has 2 aromatic carbocycles. The molecular formula is C17H13FN4O2S. The normalized spacial score (nSPS) is 10.4. The first kappa shape index (κ1) is 16.8. The van der Waals surface area contributed by atoms with Gasteiger partial charge < -0.3 is 5.32 Å². The third-order valence-corrected chi connectivity index (χ3v) is 4.05. The number of fused-ring (bicyclic) bond motifs is 1. The number of amides is 3. The number of thioether (sulfide) groups is 1. The minimum Gasteiger partial charge on any atom is -0.305 e. The maximum Gasteiger partial charge on any atom is 0.325 e. The molecule has 8 heteroatoms. The molecule has 3 amide bonds. The Morgan fingerprint density at radius 1 is 1.04 bits per heavy atom. The van der Waals surface area contributed by atoms with E-state index in [0.29, 0.717) is 5.03 Å². The van der Waals surface area contributed by atoms with Crippen LogP contribution < -0.4 is 10.6 Å². The second-order valence-corrected chi connectivity index (χ2v) is 5.96. The van der Waals surface area contributed by atoms with Crippen molar-refractivity contribution in [3.8, 4) is 0 Å². The van der Waals surface area contributed by atoms with E-state index >= 15 is 0 Å². The van der Waals surface area contributed by atoms with Crippen molar-refractivity contribution in [2.24, 2.45) is 0 Å². The lowest BCUT2D eigenvalue weighted by molar-refractivity contribution is -0.117. The largest absolute Gasteiger partial charge is 0.325 e. The zero-order valence-electron chi connectivity index (χ0n) is 12.9. The SMILES string of the molecule is O=C(CSc1cnc2ccccc2n1)NC(=O)Nc1ccccc1F. The number of halogens is 1. The van der Waals surface area contributed by atoms with E-state index in [0.717, 1.165) is 22.8 Å². The first-order chi connectivity index (χ1) is 12.1. The van der Waals surface area contributed by atoms with Crippen molar-refractivity contribution < 1.29 is 14.0 Å². The van der Waals surface area contributed by atoms with Gasteiger partial charge in [-0.15, -0.1) is 0 Å². The van der Waals surface area contributed by atoms with Crippen LogP contribution in [-0.4, -0.2) is 27.7 Å². The zero-order valence-corrected chi connectivity index (χ0v) is 13.7. The van der Waals surface area contributed by atoms with Gasteiger partial charge in [-0.25, -0.2) is 14.2 Å². The molecule has 0 radical (unpaired) electrons. The number of nitrogens with one attached hydrogen (secondary N) is 2. The van der Waals surface area contributed by atoms with Crippen LogP contribution in [0.25, 0.3) is 11.0 Å². The smallest absolute Gasteiger partial charge is 0.305 e. The number of para-hydroxylation sites is 3. The topological polar surface area (TPSA) is 84.0 Å². The molecule has 1 aromatic heterocycles. The molecule has 6 nitrogen and oxygen atoms in total. The molecule has 3 aromatic rings. The second kappa shape index (κ2) is 7.71. The molecule has 0 atom stereocenters. The van der Waals surface area contributed by atoms with Crippen molar-refractivity contribution in [3.05, 3.63) is 60.5 Å². The van der Waals surface area contributed by atoms with Gasteiger partial charge in [0, 0.05) is 0 Å². The summed E-state index contributed by atoms with van der Waals surface area (Å²) < 4.78 is 13.4. The van der Waals surface area contributed by atoms with E-state index in [9.17, 15) is 14.0 Å². The molecule has 0 aliphatic heterocycles. The van der Waals surface area contributed by atoms with Crippen LogP contribution in [0.15, 0.2) is 59.8 Å². The average Bonchev–Trinajstić information content (AvgIpc) is 2.62. The molecule has 0 fully saturated rings. The fourth-order valence-corrected chi connectivity index (χ4v) is 2.67. The zero-order chi connectivity index (χ0) is 17.6. The number of rotatable bonds is 4. The summed E-state index contributed by atoms with van der Waals surface area (Å²) >= 11 is 1.16. The van der Waals surface area contributed by atoms with E-state index in [1.54, 1.807) is 12.3 Å². The maximum absolute atomic E-state index is 13.4. The molecule has 25 heavy (non-hydrogen) atoms. The quantitative estimate of drug-likeness (QED) is 0.701. The summed E-state index contributed by atoms with van der Waals surface area (Å²) in [6.07, 6.45) is 1.57. The minimum absolute atomic E-state index is 0.000786. The Labute approximate surface area is 146 Å². The molecule has 0 aliphatic carbocycles. The Hall–Kier alpha value is -3.00. The summed E-state index contributed by atoms with van der Waals surface area (Å²) in [5, 5.41) is 4.99. The number of anilines is 1. The number of carbonyl (C=O) groups is 2. The van der Waals surface area contributed by atoms with Crippen LogP contribution >= 0.6 is 11.8 Å². The first-order valence-electron chi connectivity index (χ1n) is 7.32. The number of aromatic nitrogens is 2. The summed E-state index contributed by atoms with van der Waals surface area (Å²) in [4.78, 5) is 32.2. The van der Waals surface area contributed by atoms with Gasteiger partial charge in [0.1, 0.15) is 10.8 Å². The van der Waals surface area contributed by atoms with E-state index in [4.69, 9.17) is 0 Å². The highest BCUT2D eigenvalue weighted by Gasteiger charge is 2.11. The summed E-state index contributed by atoms with van der Waals surface area (Å²) in [6.45, 7) is 0. The Kier molecular flexibility index (Phi) is 5.20. The predicted octanol–water partition coefficient (Wildman–Crippen LogP) is 3.21. The van der Waals surface area contributed by atoms with Crippen LogP contribution in [-0.2, 0) is 4.79 Å². The summed E-state index contributed by atoms with van der Waals surface area (Å²) in [6, 6.07) is 12.3. The van der Waals surface area contributed by atoms with Crippen molar-refractivity contribution in [1.29, 1.82) is 0 Å². The van der Waals surface area contributed by atoms with Gasteiger partial charge in [-0.05, 0) is 24.3 Å². The van der Waals surface area contributed by atoms with Gasteiger partial charge in [0.15, 0.2) is 0 Å². The van der Waals surface area contributed by atoms with Gasteiger partial charge in [-0.3, -0.25) is 15.1 Å². The van der Waals surface area contributed by atoms with Crippen molar-refractivity contribution >= 4 is 40.4 Å². The van der Waals surface area contributed by atoms with Crippen molar-refractivity contribution in [3.63, 3.8) is 0 Å². The third-order valence-electron chi connectivity index (χ3n) is 3.15. The lowest BCUT2D eigenvalue weighted by Crippen LogP contribution is -2.35. The van der Waals surface area contributed by atoms with Crippen LogP contribution in [0.3, 0.4) is 0 Å². The Morgan fingerprint density at radius 3 is 2.56 bits per heavy atom. The number of carbonyl (C=O) groups excluding carboxylic acids is 2. The number of benzene rings is 2. The standard InChI is InChI=1S/C17H13FN4O2S/c18-11-5-1-2-6-12(11)21-17(24)22-15(23)10-25-16-9-19-13-7-3-4-8-14(13)20-16/h1-9H,10H2,(H2,21,22,23,24). The van der Waals surface area contributed by atoms with Crippen LogP contribution in [0.2, 0.25) is 0 Å². The lowest BCUT2D eigenvalue weighted by Gasteiger charge is -2.07. The molecule has 0 bridgehead atoms. The van der Waals surface area contributed by atoms with Crippen LogP contribution in [0.5, 0.6) is 0 Å². The van der Waals surface area contributed by atoms with Crippen LogP contribution in [0, 0.1) is 5.82 Å². The van der Waals surface area contributed by atoms with Gasteiger partial charge >= 0.3 is 6.03 Å². The maximum atomic E-state index is 13.4. The Morgan fingerprint density at radius 2 is 1.76 bits per heavy atom. The number of imide groups is 1.